The molecule has 0 saturated carbocycles. The van der Waals surface area contributed by atoms with E-state index in [2.05, 4.69) is 36.9 Å². The third-order valence-electron chi connectivity index (χ3n) is 0.413. The molecule has 0 N–H and O–H groups in total. The van der Waals surface area contributed by atoms with Crippen LogP contribution in [0.15, 0.2) is 14.5 Å². The fourth-order valence-corrected chi connectivity index (χ4v) is 0.412. The number of isocyanates is 1. The number of rotatable bonds is 2. The molecule has 0 amide bonds. The standard InChI is InChI=1S/C4H3Br2NO/c5-1-4(6)2-7-3-8/h1H,2H2/b4-1-. The highest BCUT2D eigenvalue weighted by molar-refractivity contribution is 9.14. The summed E-state index contributed by atoms with van der Waals surface area (Å²) in [7, 11) is 0. The van der Waals surface area contributed by atoms with E-state index >= 15 is 0 Å². The summed E-state index contributed by atoms with van der Waals surface area (Å²) < 4.78 is 0.820. The van der Waals surface area contributed by atoms with Crippen LogP contribution in [0.5, 0.6) is 0 Å². The van der Waals surface area contributed by atoms with Gasteiger partial charge >= 0.3 is 0 Å². The highest BCUT2D eigenvalue weighted by atomic mass is 79.9. The lowest BCUT2D eigenvalue weighted by atomic mass is 10.6. The molecule has 0 aliphatic heterocycles. The van der Waals surface area contributed by atoms with Crippen LogP contribution < -0.4 is 0 Å². The molecule has 8 heavy (non-hydrogen) atoms. The van der Waals surface area contributed by atoms with Crippen molar-refractivity contribution in [3.8, 4) is 0 Å². The van der Waals surface area contributed by atoms with Crippen LogP contribution in [0.25, 0.3) is 0 Å². The van der Waals surface area contributed by atoms with Gasteiger partial charge in [-0.2, -0.15) is 0 Å². The largest absolute Gasteiger partial charge is 0.235 e. The molecule has 0 bridgehead atoms. The second-order valence-electron chi connectivity index (χ2n) is 0.963. The van der Waals surface area contributed by atoms with E-state index in [0.717, 1.165) is 4.48 Å². The fraction of sp³-hybridized carbons (Fsp3) is 0.250. The Morgan fingerprint density at radius 2 is 2.50 bits per heavy atom. The molecule has 0 aromatic rings. The van der Waals surface area contributed by atoms with Gasteiger partial charge in [-0.1, -0.05) is 31.9 Å². The minimum Gasteiger partial charge on any atom is -0.211 e. The molecule has 0 aromatic carbocycles. The van der Waals surface area contributed by atoms with Gasteiger partial charge < -0.3 is 0 Å². The minimum atomic E-state index is 0.356. The minimum absolute atomic E-state index is 0.356. The molecular weight excluding hydrogens is 238 g/mol. The quantitative estimate of drug-likeness (QED) is 0.536. The van der Waals surface area contributed by atoms with Gasteiger partial charge in [0.1, 0.15) is 0 Å². The van der Waals surface area contributed by atoms with Gasteiger partial charge in [0.05, 0.1) is 6.54 Å². The molecule has 2 nitrogen and oxygen atoms in total. The lowest BCUT2D eigenvalue weighted by Crippen LogP contribution is -1.73. The Hall–Kier alpha value is 0.0800. The average molecular weight is 241 g/mol. The molecule has 0 aliphatic carbocycles. The number of hydrogen-bond donors (Lipinski definition) is 0. The summed E-state index contributed by atoms with van der Waals surface area (Å²) in [4.78, 5) is 14.4. The summed E-state index contributed by atoms with van der Waals surface area (Å²) in [6, 6.07) is 0. The van der Waals surface area contributed by atoms with Crippen molar-refractivity contribution < 1.29 is 4.79 Å². The van der Waals surface area contributed by atoms with Crippen LogP contribution >= 0.6 is 31.9 Å². The van der Waals surface area contributed by atoms with E-state index in [0.29, 0.717) is 6.54 Å². The molecule has 4 heteroatoms. The normalized spacial score (nSPS) is 10.5. The molecule has 0 radical (unpaired) electrons. The van der Waals surface area contributed by atoms with Gasteiger partial charge in [0.2, 0.25) is 6.08 Å². The monoisotopic (exact) mass is 239 g/mol. The molecule has 0 heterocycles. The Bertz CT molecular complexity index is 137. The third kappa shape index (κ3) is 4.24. The second-order valence-corrected chi connectivity index (χ2v) is 2.44. The van der Waals surface area contributed by atoms with Crippen molar-refractivity contribution in [1.29, 1.82) is 0 Å². The van der Waals surface area contributed by atoms with Crippen molar-refractivity contribution in [2.45, 2.75) is 0 Å². The predicted molar refractivity (Wildman–Crippen MR) is 38.9 cm³/mol. The van der Waals surface area contributed by atoms with Gasteiger partial charge in [-0.15, -0.1) is 0 Å². The Labute approximate surface area is 63.9 Å². The molecule has 0 spiro atoms. The van der Waals surface area contributed by atoms with Gasteiger partial charge in [0.25, 0.3) is 0 Å². The zero-order chi connectivity index (χ0) is 6.41. The molecule has 0 unspecified atom stereocenters. The Morgan fingerprint density at radius 1 is 1.88 bits per heavy atom. The van der Waals surface area contributed by atoms with Crippen LogP contribution in [0.2, 0.25) is 0 Å². The number of carbonyl (C=O) groups excluding carboxylic acids is 1. The maximum absolute atomic E-state index is 9.47. The highest BCUT2D eigenvalue weighted by Gasteiger charge is 1.83. The summed E-state index contributed by atoms with van der Waals surface area (Å²) in [5, 5.41) is 0. The number of nitrogens with zero attached hydrogens (tertiary/aromatic N) is 1. The van der Waals surface area contributed by atoms with Crippen LogP contribution in [-0.4, -0.2) is 12.6 Å². The first kappa shape index (κ1) is 8.08. The van der Waals surface area contributed by atoms with E-state index in [1.807, 2.05) is 0 Å². The van der Waals surface area contributed by atoms with Crippen molar-refractivity contribution in [3.63, 3.8) is 0 Å². The number of aliphatic imine (C=N–C) groups is 1. The maximum atomic E-state index is 9.47. The molecule has 44 valence electrons. The first-order valence-corrected chi connectivity index (χ1v) is 3.50. The van der Waals surface area contributed by atoms with Crippen molar-refractivity contribution in [3.05, 3.63) is 9.47 Å². The van der Waals surface area contributed by atoms with Gasteiger partial charge in [0.15, 0.2) is 0 Å². The molecule has 0 fully saturated rings. The lowest BCUT2D eigenvalue weighted by Gasteiger charge is -1.82. The first-order chi connectivity index (χ1) is 3.81. The predicted octanol–water partition coefficient (Wildman–Crippen LogP) is 1.95. The Kier molecular flexibility index (Phi) is 5.27. The van der Waals surface area contributed by atoms with Crippen LogP contribution in [0, 0.1) is 0 Å². The van der Waals surface area contributed by atoms with Gasteiger partial charge in [-0.25, -0.2) is 9.79 Å². The van der Waals surface area contributed by atoms with E-state index < -0.39 is 0 Å². The van der Waals surface area contributed by atoms with Crippen molar-refractivity contribution in [2.75, 3.05) is 6.54 Å². The topological polar surface area (TPSA) is 29.4 Å². The van der Waals surface area contributed by atoms with Crippen LogP contribution in [0.3, 0.4) is 0 Å². The summed E-state index contributed by atoms with van der Waals surface area (Å²) in [6.07, 6.45) is 1.42. The molecule has 0 rings (SSSR count). The lowest BCUT2D eigenvalue weighted by molar-refractivity contribution is 0.564. The molecule has 0 aliphatic rings. The zero-order valence-corrected chi connectivity index (χ0v) is 7.07. The molecule has 0 aromatic heterocycles. The van der Waals surface area contributed by atoms with E-state index in [-0.39, 0.29) is 0 Å². The van der Waals surface area contributed by atoms with Crippen LogP contribution in [-0.2, 0) is 4.79 Å². The van der Waals surface area contributed by atoms with Crippen LogP contribution in [0.1, 0.15) is 0 Å². The van der Waals surface area contributed by atoms with Gasteiger partial charge in [0, 0.05) is 4.48 Å². The zero-order valence-electron chi connectivity index (χ0n) is 3.90. The molecule has 0 saturated heterocycles. The van der Waals surface area contributed by atoms with Gasteiger partial charge in [-0.3, -0.25) is 0 Å². The second kappa shape index (κ2) is 5.22. The number of hydrogen-bond acceptors (Lipinski definition) is 2. The van der Waals surface area contributed by atoms with E-state index in [9.17, 15) is 4.79 Å². The van der Waals surface area contributed by atoms with Gasteiger partial charge in [-0.05, 0) is 4.99 Å². The maximum Gasteiger partial charge on any atom is 0.235 e. The third-order valence-corrected chi connectivity index (χ3v) is 2.06. The van der Waals surface area contributed by atoms with E-state index in [1.165, 1.54) is 6.08 Å². The summed E-state index contributed by atoms with van der Waals surface area (Å²) in [5.41, 5.74) is 0. The van der Waals surface area contributed by atoms with Crippen molar-refractivity contribution in [2.24, 2.45) is 4.99 Å². The number of halogens is 2. The average Bonchev–Trinajstić information content (AvgIpc) is 1.83. The molecule has 0 atom stereocenters. The molecular formula is C4H3Br2NO. The highest BCUT2D eigenvalue weighted by Crippen LogP contribution is 2.06. The summed E-state index contributed by atoms with van der Waals surface area (Å²) in [6.45, 7) is 0.356. The fourth-order valence-electron chi connectivity index (χ4n) is 0.142. The van der Waals surface area contributed by atoms with E-state index in [1.54, 1.807) is 4.99 Å². The first-order valence-electron chi connectivity index (χ1n) is 1.79. The Morgan fingerprint density at radius 3 is 2.88 bits per heavy atom. The van der Waals surface area contributed by atoms with Crippen LogP contribution in [0.4, 0.5) is 0 Å². The smallest absolute Gasteiger partial charge is 0.211 e. The SMILES string of the molecule is O=C=NC/C(Br)=C/Br. The summed E-state index contributed by atoms with van der Waals surface area (Å²) in [5.74, 6) is 0. The summed E-state index contributed by atoms with van der Waals surface area (Å²) >= 11 is 6.17. The van der Waals surface area contributed by atoms with E-state index in [4.69, 9.17) is 0 Å². The van der Waals surface area contributed by atoms with Crippen molar-refractivity contribution in [1.82, 2.24) is 0 Å². The van der Waals surface area contributed by atoms with Crippen molar-refractivity contribution >= 4 is 37.9 Å². The Balaban J connectivity index is 3.55.